The number of rotatable bonds is 7. The number of nitrogen functional groups attached to an aromatic ring is 1. The first-order valence-corrected chi connectivity index (χ1v) is 6.55. The first-order chi connectivity index (χ1) is 8.22. The van der Waals surface area contributed by atoms with Crippen molar-refractivity contribution in [2.75, 3.05) is 31.7 Å². The van der Waals surface area contributed by atoms with Crippen LogP contribution in [-0.2, 0) is 15.3 Å². The van der Waals surface area contributed by atoms with Crippen molar-refractivity contribution < 1.29 is 9.53 Å². The molecule has 4 nitrogen and oxygen atoms in total. The Balaban J connectivity index is 2.14. The number of benzene rings is 1. The Morgan fingerprint density at radius 2 is 2.12 bits per heavy atom. The Morgan fingerprint density at radius 3 is 2.76 bits per heavy atom. The van der Waals surface area contributed by atoms with E-state index in [9.17, 15) is 4.79 Å². The van der Waals surface area contributed by atoms with Gasteiger partial charge in [0.1, 0.15) is 0 Å². The van der Waals surface area contributed by atoms with Crippen LogP contribution < -0.4 is 11.1 Å². The monoisotopic (exact) mass is 254 g/mol. The molecular weight excluding hydrogens is 236 g/mol. The van der Waals surface area contributed by atoms with Gasteiger partial charge in [0.25, 0.3) is 0 Å². The number of thioether (sulfide) groups is 1. The molecule has 0 fully saturated rings. The number of amides is 1. The van der Waals surface area contributed by atoms with Gasteiger partial charge in [-0.25, -0.2) is 0 Å². The third-order valence-electron chi connectivity index (χ3n) is 2.11. The smallest absolute Gasteiger partial charge is 0.230 e. The van der Waals surface area contributed by atoms with Crippen molar-refractivity contribution in [2.45, 2.75) is 5.75 Å². The fourth-order valence-corrected chi connectivity index (χ4v) is 2.04. The highest BCUT2D eigenvalue weighted by Gasteiger charge is 2.01. The molecule has 0 bridgehead atoms. The van der Waals surface area contributed by atoms with Crippen LogP contribution in [0.2, 0.25) is 0 Å². The van der Waals surface area contributed by atoms with E-state index in [1.807, 2.05) is 24.3 Å². The largest absolute Gasteiger partial charge is 0.399 e. The molecule has 0 aliphatic heterocycles. The second-order valence-electron chi connectivity index (χ2n) is 3.58. The van der Waals surface area contributed by atoms with Crippen molar-refractivity contribution in [1.82, 2.24) is 5.32 Å². The lowest BCUT2D eigenvalue weighted by atomic mass is 10.2. The summed E-state index contributed by atoms with van der Waals surface area (Å²) in [4.78, 5) is 11.4. The van der Waals surface area contributed by atoms with Gasteiger partial charge < -0.3 is 15.8 Å². The maximum atomic E-state index is 11.4. The minimum Gasteiger partial charge on any atom is -0.399 e. The van der Waals surface area contributed by atoms with Crippen LogP contribution in [0, 0.1) is 0 Å². The van der Waals surface area contributed by atoms with E-state index < -0.39 is 0 Å². The van der Waals surface area contributed by atoms with Crippen molar-refractivity contribution in [3.63, 3.8) is 0 Å². The van der Waals surface area contributed by atoms with Gasteiger partial charge in [-0.2, -0.15) is 0 Å². The summed E-state index contributed by atoms with van der Waals surface area (Å²) in [7, 11) is 1.61. The van der Waals surface area contributed by atoms with Gasteiger partial charge >= 0.3 is 0 Å². The van der Waals surface area contributed by atoms with Gasteiger partial charge in [0, 0.05) is 25.1 Å². The average Bonchev–Trinajstić information content (AvgIpc) is 2.32. The molecule has 0 aromatic heterocycles. The third kappa shape index (κ3) is 6.19. The molecule has 0 heterocycles. The SMILES string of the molecule is COCCNC(=O)CSCc1ccc(N)cc1. The second-order valence-corrected chi connectivity index (χ2v) is 4.56. The van der Waals surface area contributed by atoms with Crippen LogP contribution in [0.5, 0.6) is 0 Å². The van der Waals surface area contributed by atoms with E-state index in [4.69, 9.17) is 10.5 Å². The van der Waals surface area contributed by atoms with Gasteiger partial charge in [0.15, 0.2) is 0 Å². The summed E-state index contributed by atoms with van der Waals surface area (Å²) >= 11 is 1.58. The van der Waals surface area contributed by atoms with Crippen molar-refractivity contribution >= 4 is 23.4 Å². The summed E-state index contributed by atoms with van der Waals surface area (Å²) in [6.07, 6.45) is 0. The Hall–Kier alpha value is -1.20. The van der Waals surface area contributed by atoms with E-state index in [-0.39, 0.29) is 5.91 Å². The molecule has 0 aliphatic rings. The molecule has 5 heteroatoms. The molecule has 1 aromatic carbocycles. The van der Waals surface area contributed by atoms with Crippen LogP contribution in [0.3, 0.4) is 0 Å². The Kier molecular flexibility index (Phi) is 6.50. The minimum absolute atomic E-state index is 0.0440. The number of nitrogens with one attached hydrogen (secondary N) is 1. The Labute approximate surface area is 106 Å². The molecule has 17 heavy (non-hydrogen) atoms. The molecule has 94 valence electrons. The molecule has 0 spiro atoms. The zero-order valence-electron chi connectivity index (χ0n) is 9.94. The number of hydrogen-bond donors (Lipinski definition) is 2. The van der Waals surface area contributed by atoms with Crippen LogP contribution in [0.4, 0.5) is 5.69 Å². The molecule has 0 saturated carbocycles. The minimum atomic E-state index is 0.0440. The van der Waals surface area contributed by atoms with E-state index in [2.05, 4.69) is 5.32 Å². The Morgan fingerprint density at radius 1 is 1.41 bits per heavy atom. The summed E-state index contributed by atoms with van der Waals surface area (Å²) in [5.74, 6) is 1.33. The summed E-state index contributed by atoms with van der Waals surface area (Å²) < 4.78 is 4.84. The standard InChI is InChI=1S/C12H18N2O2S/c1-16-7-6-14-12(15)9-17-8-10-2-4-11(13)5-3-10/h2-5H,6-9,13H2,1H3,(H,14,15). The van der Waals surface area contributed by atoms with E-state index in [1.165, 1.54) is 5.56 Å². The van der Waals surface area contributed by atoms with Gasteiger partial charge in [-0.3, -0.25) is 4.79 Å². The number of methoxy groups -OCH3 is 1. The van der Waals surface area contributed by atoms with Crippen LogP contribution in [0.15, 0.2) is 24.3 Å². The molecule has 1 rings (SSSR count). The van der Waals surface area contributed by atoms with Gasteiger partial charge in [-0.15, -0.1) is 11.8 Å². The number of hydrogen-bond acceptors (Lipinski definition) is 4. The van der Waals surface area contributed by atoms with E-state index >= 15 is 0 Å². The van der Waals surface area contributed by atoms with Gasteiger partial charge in [0.05, 0.1) is 12.4 Å². The number of ether oxygens (including phenoxy) is 1. The fraction of sp³-hybridized carbons (Fsp3) is 0.417. The highest BCUT2D eigenvalue weighted by molar-refractivity contribution is 7.99. The van der Waals surface area contributed by atoms with Gasteiger partial charge in [-0.05, 0) is 17.7 Å². The number of nitrogens with two attached hydrogens (primary N) is 1. The summed E-state index contributed by atoms with van der Waals surface area (Å²) in [6, 6.07) is 7.69. The fourth-order valence-electron chi connectivity index (χ4n) is 1.22. The second kappa shape index (κ2) is 7.97. The lowest BCUT2D eigenvalue weighted by Gasteiger charge is -2.04. The predicted molar refractivity (Wildman–Crippen MR) is 71.9 cm³/mol. The van der Waals surface area contributed by atoms with E-state index in [0.717, 1.165) is 11.4 Å². The molecule has 0 aliphatic carbocycles. The molecule has 0 radical (unpaired) electrons. The van der Waals surface area contributed by atoms with E-state index in [0.29, 0.717) is 18.9 Å². The topological polar surface area (TPSA) is 64.3 Å². The zero-order valence-corrected chi connectivity index (χ0v) is 10.8. The molecule has 1 amide bonds. The van der Waals surface area contributed by atoms with Gasteiger partial charge in [0.2, 0.25) is 5.91 Å². The van der Waals surface area contributed by atoms with Crippen molar-refractivity contribution in [1.29, 1.82) is 0 Å². The van der Waals surface area contributed by atoms with Crippen molar-refractivity contribution in [3.05, 3.63) is 29.8 Å². The highest BCUT2D eigenvalue weighted by atomic mass is 32.2. The van der Waals surface area contributed by atoms with Crippen molar-refractivity contribution in [2.24, 2.45) is 0 Å². The van der Waals surface area contributed by atoms with Gasteiger partial charge in [-0.1, -0.05) is 12.1 Å². The molecular formula is C12H18N2O2S. The number of carbonyl (C=O) groups excluding carboxylic acids is 1. The summed E-state index contributed by atoms with van der Waals surface area (Å²) in [5, 5.41) is 2.77. The summed E-state index contributed by atoms with van der Waals surface area (Å²) in [5.41, 5.74) is 7.52. The summed E-state index contributed by atoms with van der Waals surface area (Å²) in [6.45, 7) is 1.12. The quantitative estimate of drug-likeness (QED) is 0.568. The number of carbonyl (C=O) groups is 1. The maximum Gasteiger partial charge on any atom is 0.230 e. The first kappa shape index (κ1) is 13.9. The third-order valence-corrected chi connectivity index (χ3v) is 3.11. The normalized spacial score (nSPS) is 10.2. The lowest BCUT2D eigenvalue weighted by Crippen LogP contribution is -2.28. The zero-order chi connectivity index (χ0) is 12.5. The van der Waals surface area contributed by atoms with Crippen molar-refractivity contribution in [3.8, 4) is 0 Å². The molecule has 1 aromatic rings. The van der Waals surface area contributed by atoms with E-state index in [1.54, 1.807) is 18.9 Å². The maximum absolute atomic E-state index is 11.4. The lowest BCUT2D eigenvalue weighted by molar-refractivity contribution is -0.118. The first-order valence-electron chi connectivity index (χ1n) is 5.40. The molecule has 3 N–H and O–H groups in total. The molecule has 0 saturated heterocycles. The van der Waals surface area contributed by atoms with Crippen LogP contribution in [0.1, 0.15) is 5.56 Å². The van der Waals surface area contributed by atoms with Crippen LogP contribution in [-0.4, -0.2) is 31.9 Å². The predicted octanol–water partition coefficient (Wildman–Crippen LogP) is 1.26. The molecule has 0 atom stereocenters. The average molecular weight is 254 g/mol. The number of anilines is 1. The van der Waals surface area contributed by atoms with Crippen LogP contribution in [0.25, 0.3) is 0 Å². The van der Waals surface area contributed by atoms with Crippen LogP contribution >= 0.6 is 11.8 Å². The highest BCUT2D eigenvalue weighted by Crippen LogP contribution is 2.13. The molecule has 0 unspecified atom stereocenters. The Bertz CT molecular complexity index is 341.